The number of nitrogens with one attached hydrogen (secondary N) is 1. The first kappa shape index (κ1) is 10.3. The number of hydrogen-bond acceptors (Lipinski definition) is 3. The van der Waals surface area contributed by atoms with E-state index in [1.165, 1.54) is 0 Å². The maximum atomic E-state index is 10.9. The molecule has 1 fully saturated rings. The zero-order valence-corrected chi connectivity index (χ0v) is 8.57. The minimum absolute atomic E-state index is 0.564. The van der Waals surface area contributed by atoms with Crippen molar-refractivity contribution in [2.45, 2.75) is 25.0 Å². The van der Waals surface area contributed by atoms with Gasteiger partial charge in [0.15, 0.2) is 0 Å². The van der Waals surface area contributed by atoms with Crippen LogP contribution >= 0.6 is 0 Å². The van der Waals surface area contributed by atoms with E-state index in [2.05, 4.69) is 5.32 Å². The lowest BCUT2D eigenvalue weighted by Gasteiger charge is -2.34. The van der Waals surface area contributed by atoms with Gasteiger partial charge in [-0.1, -0.05) is 24.3 Å². The van der Waals surface area contributed by atoms with Gasteiger partial charge in [-0.25, -0.2) is 0 Å². The third-order valence-corrected chi connectivity index (χ3v) is 2.92. The number of aliphatic hydroxyl groups is 1. The third kappa shape index (κ3) is 1.94. The summed E-state index contributed by atoms with van der Waals surface area (Å²) in [6, 6.07) is 7.19. The summed E-state index contributed by atoms with van der Waals surface area (Å²) in [5, 5.41) is 13.5. The van der Waals surface area contributed by atoms with Gasteiger partial charge in [0, 0.05) is 11.1 Å². The summed E-state index contributed by atoms with van der Waals surface area (Å²) in [4.78, 5) is 10.9. The second-order valence-corrected chi connectivity index (χ2v) is 3.95. The molecule has 1 atom stereocenters. The average molecular weight is 205 g/mol. The molecule has 1 aromatic carbocycles. The smallest absolute Gasteiger partial charge is 0.150 e. The molecular weight excluding hydrogens is 190 g/mol. The molecule has 1 aliphatic heterocycles. The minimum Gasteiger partial charge on any atom is -0.372 e. The summed E-state index contributed by atoms with van der Waals surface area (Å²) in [5.74, 6) is 0. The molecular formula is C12H15NO2. The van der Waals surface area contributed by atoms with Gasteiger partial charge in [0.2, 0.25) is 0 Å². The van der Waals surface area contributed by atoms with Crippen molar-refractivity contribution in [1.29, 1.82) is 0 Å². The molecule has 1 aliphatic rings. The van der Waals surface area contributed by atoms with Crippen LogP contribution < -0.4 is 5.32 Å². The van der Waals surface area contributed by atoms with Crippen molar-refractivity contribution in [3.8, 4) is 0 Å². The topological polar surface area (TPSA) is 49.3 Å². The van der Waals surface area contributed by atoms with Gasteiger partial charge in [0.1, 0.15) is 12.0 Å². The van der Waals surface area contributed by atoms with Crippen LogP contribution in [-0.4, -0.2) is 17.9 Å². The first-order valence-corrected chi connectivity index (χ1v) is 5.28. The van der Waals surface area contributed by atoms with Crippen molar-refractivity contribution in [1.82, 2.24) is 5.32 Å². The Balaban J connectivity index is 2.38. The molecule has 0 spiro atoms. The standard InChI is InChI=1S/C12H15NO2/c14-9-10-5-1-2-6-11(10)12(15)7-3-4-8-13-12/h1-2,5-6,9,13,15H,3-4,7-8H2/t12-/m0/s1. The SMILES string of the molecule is O=Cc1ccccc1[C@@]1(O)CCCCN1. The Hall–Kier alpha value is -1.19. The lowest BCUT2D eigenvalue weighted by molar-refractivity contribution is -0.0245. The van der Waals surface area contributed by atoms with Crippen LogP contribution in [0.3, 0.4) is 0 Å². The summed E-state index contributed by atoms with van der Waals surface area (Å²) < 4.78 is 0. The van der Waals surface area contributed by atoms with E-state index >= 15 is 0 Å². The monoisotopic (exact) mass is 205 g/mol. The Morgan fingerprint density at radius 1 is 1.33 bits per heavy atom. The van der Waals surface area contributed by atoms with Crippen LogP contribution in [0.15, 0.2) is 24.3 Å². The Bertz CT molecular complexity index is 356. The molecule has 3 heteroatoms. The Kier molecular flexibility index (Phi) is 2.84. The zero-order valence-electron chi connectivity index (χ0n) is 8.57. The van der Waals surface area contributed by atoms with Crippen LogP contribution in [0.25, 0.3) is 0 Å². The maximum absolute atomic E-state index is 10.9. The summed E-state index contributed by atoms with van der Waals surface area (Å²) in [5.41, 5.74) is 0.240. The molecule has 1 aromatic rings. The van der Waals surface area contributed by atoms with Gasteiger partial charge in [0.25, 0.3) is 0 Å². The number of rotatable bonds is 2. The lowest BCUT2D eigenvalue weighted by Crippen LogP contribution is -2.46. The van der Waals surface area contributed by atoms with Gasteiger partial charge in [-0.2, -0.15) is 0 Å². The summed E-state index contributed by atoms with van der Waals surface area (Å²) in [6.07, 6.45) is 3.52. The third-order valence-electron chi connectivity index (χ3n) is 2.92. The number of carbonyl (C=O) groups excluding carboxylic acids is 1. The normalized spacial score (nSPS) is 26.2. The van der Waals surface area contributed by atoms with Crippen molar-refractivity contribution in [3.63, 3.8) is 0 Å². The van der Waals surface area contributed by atoms with Crippen molar-refractivity contribution >= 4 is 6.29 Å². The van der Waals surface area contributed by atoms with Gasteiger partial charge >= 0.3 is 0 Å². The molecule has 80 valence electrons. The fourth-order valence-corrected chi connectivity index (χ4v) is 2.10. The van der Waals surface area contributed by atoms with E-state index in [9.17, 15) is 9.90 Å². The van der Waals surface area contributed by atoms with Crippen molar-refractivity contribution in [2.75, 3.05) is 6.54 Å². The van der Waals surface area contributed by atoms with Gasteiger partial charge in [-0.3, -0.25) is 10.1 Å². The molecule has 1 heterocycles. The number of piperidine rings is 1. The van der Waals surface area contributed by atoms with E-state index in [-0.39, 0.29) is 0 Å². The maximum Gasteiger partial charge on any atom is 0.150 e. The molecule has 0 radical (unpaired) electrons. The first-order valence-electron chi connectivity index (χ1n) is 5.28. The van der Waals surface area contributed by atoms with Crippen LogP contribution in [0, 0.1) is 0 Å². The number of carbonyl (C=O) groups is 1. The van der Waals surface area contributed by atoms with Gasteiger partial charge in [0.05, 0.1) is 0 Å². The molecule has 0 aromatic heterocycles. The van der Waals surface area contributed by atoms with Crippen LogP contribution in [0.4, 0.5) is 0 Å². The van der Waals surface area contributed by atoms with E-state index in [0.29, 0.717) is 17.5 Å². The molecule has 2 rings (SSSR count). The highest BCUT2D eigenvalue weighted by atomic mass is 16.3. The lowest BCUT2D eigenvalue weighted by atomic mass is 9.90. The fourth-order valence-electron chi connectivity index (χ4n) is 2.10. The molecule has 1 saturated heterocycles. The number of hydrogen-bond donors (Lipinski definition) is 2. The van der Waals surface area contributed by atoms with Gasteiger partial charge in [-0.05, 0) is 25.8 Å². The average Bonchev–Trinajstić information content (AvgIpc) is 2.30. The van der Waals surface area contributed by atoms with Crippen LogP contribution in [-0.2, 0) is 5.72 Å². The van der Waals surface area contributed by atoms with Crippen molar-refractivity contribution in [2.24, 2.45) is 0 Å². The second-order valence-electron chi connectivity index (χ2n) is 3.95. The minimum atomic E-state index is -1.02. The summed E-state index contributed by atoms with van der Waals surface area (Å²) in [7, 11) is 0. The highest BCUT2D eigenvalue weighted by Crippen LogP contribution is 2.29. The second kappa shape index (κ2) is 4.13. The van der Waals surface area contributed by atoms with E-state index in [1.807, 2.05) is 12.1 Å². The number of aldehydes is 1. The van der Waals surface area contributed by atoms with Crippen LogP contribution in [0.1, 0.15) is 35.2 Å². The predicted octanol–water partition coefficient (Wildman–Crippen LogP) is 1.42. The van der Waals surface area contributed by atoms with Crippen molar-refractivity contribution in [3.05, 3.63) is 35.4 Å². The highest BCUT2D eigenvalue weighted by molar-refractivity contribution is 5.77. The Labute approximate surface area is 89.1 Å². The summed E-state index contributed by atoms with van der Waals surface area (Å²) >= 11 is 0. The molecule has 3 nitrogen and oxygen atoms in total. The van der Waals surface area contributed by atoms with Gasteiger partial charge < -0.3 is 5.11 Å². The number of benzene rings is 1. The van der Waals surface area contributed by atoms with Gasteiger partial charge in [-0.15, -0.1) is 0 Å². The quantitative estimate of drug-likeness (QED) is 0.718. The summed E-state index contributed by atoms with van der Waals surface area (Å²) in [6.45, 7) is 0.795. The Morgan fingerprint density at radius 2 is 2.13 bits per heavy atom. The predicted molar refractivity (Wildman–Crippen MR) is 57.6 cm³/mol. The zero-order chi connectivity index (χ0) is 10.7. The van der Waals surface area contributed by atoms with Crippen LogP contribution in [0.5, 0.6) is 0 Å². The van der Waals surface area contributed by atoms with Crippen molar-refractivity contribution < 1.29 is 9.90 Å². The van der Waals surface area contributed by atoms with E-state index in [1.54, 1.807) is 12.1 Å². The fraction of sp³-hybridized carbons (Fsp3) is 0.417. The van der Waals surface area contributed by atoms with E-state index in [0.717, 1.165) is 25.7 Å². The molecule has 2 N–H and O–H groups in total. The first-order chi connectivity index (χ1) is 7.26. The molecule has 0 amide bonds. The molecule has 0 unspecified atom stereocenters. The Morgan fingerprint density at radius 3 is 2.80 bits per heavy atom. The van der Waals surface area contributed by atoms with E-state index in [4.69, 9.17) is 0 Å². The highest BCUT2D eigenvalue weighted by Gasteiger charge is 2.32. The molecule has 15 heavy (non-hydrogen) atoms. The molecule has 0 saturated carbocycles. The van der Waals surface area contributed by atoms with E-state index < -0.39 is 5.72 Å². The molecule has 0 bridgehead atoms. The largest absolute Gasteiger partial charge is 0.372 e. The van der Waals surface area contributed by atoms with Crippen LogP contribution in [0.2, 0.25) is 0 Å². The molecule has 0 aliphatic carbocycles.